The minimum atomic E-state index is -0.603. The van der Waals surface area contributed by atoms with Crippen molar-refractivity contribution < 1.29 is 14.3 Å². The molecule has 1 aliphatic rings. The van der Waals surface area contributed by atoms with Crippen LogP contribution in [-0.2, 0) is 14.3 Å². The summed E-state index contributed by atoms with van der Waals surface area (Å²) in [5, 5.41) is 3.24. The van der Waals surface area contributed by atoms with E-state index in [1.165, 1.54) is 7.11 Å². The lowest BCUT2D eigenvalue weighted by Crippen LogP contribution is -2.53. The largest absolute Gasteiger partial charge is 0.468 e. The molecule has 0 aromatic heterocycles. The summed E-state index contributed by atoms with van der Waals surface area (Å²) in [6.07, 6.45) is 1.26. The average molecular weight is 272 g/mol. The first-order chi connectivity index (χ1) is 8.91. The highest BCUT2D eigenvalue weighted by molar-refractivity contribution is 5.80. The monoisotopic (exact) mass is 272 g/mol. The van der Waals surface area contributed by atoms with E-state index in [2.05, 4.69) is 24.1 Å². The molecule has 0 amide bonds. The van der Waals surface area contributed by atoms with E-state index in [9.17, 15) is 4.79 Å². The van der Waals surface area contributed by atoms with E-state index in [0.717, 1.165) is 32.6 Å². The zero-order valence-corrected chi connectivity index (χ0v) is 12.9. The number of methoxy groups -OCH3 is 1. The summed E-state index contributed by atoms with van der Waals surface area (Å²) in [5.41, 5.74) is -0.603. The number of nitrogens with zero attached hydrogens (tertiary/aromatic N) is 1. The van der Waals surface area contributed by atoms with Crippen LogP contribution in [0.4, 0.5) is 0 Å². The number of morpholine rings is 1. The van der Waals surface area contributed by atoms with Crippen LogP contribution in [0.5, 0.6) is 0 Å². The summed E-state index contributed by atoms with van der Waals surface area (Å²) in [7, 11) is 1.44. The number of nitrogens with one attached hydrogen (secondary N) is 1. The van der Waals surface area contributed by atoms with Gasteiger partial charge in [-0.05, 0) is 33.7 Å². The predicted molar refractivity (Wildman–Crippen MR) is 75.2 cm³/mol. The van der Waals surface area contributed by atoms with Gasteiger partial charge in [0.15, 0.2) is 0 Å². The van der Waals surface area contributed by atoms with Gasteiger partial charge in [-0.15, -0.1) is 0 Å². The van der Waals surface area contributed by atoms with Crippen molar-refractivity contribution in [3.63, 3.8) is 0 Å². The van der Waals surface area contributed by atoms with Crippen molar-refractivity contribution in [3.8, 4) is 0 Å². The molecule has 3 unspecified atom stereocenters. The molecule has 19 heavy (non-hydrogen) atoms. The van der Waals surface area contributed by atoms with Gasteiger partial charge in [-0.3, -0.25) is 9.69 Å². The summed E-state index contributed by atoms with van der Waals surface area (Å²) < 4.78 is 10.6. The molecule has 1 heterocycles. The lowest BCUT2D eigenvalue weighted by Gasteiger charge is -2.37. The molecule has 0 aromatic carbocycles. The maximum atomic E-state index is 11.9. The molecular formula is C14H28N2O3. The van der Waals surface area contributed by atoms with Crippen LogP contribution in [0, 0.1) is 0 Å². The Hall–Kier alpha value is -0.650. The van der Waals surface area contributed by atoms with Crippen LogP contribution in [0.2, 0.25) is 0 Å². The van der Waals surface area contributed by atoms with E-state index in [-0.39, 0.29) is 18.2 Å². The minimum absolute atomic E-state index is 0.191. The van der Waals surface area contributed by atoms with Crippen molar-refractivity contribution in [2.45, 2.75) is 51.9 Å². The van der Waals surface area contributed by atoms with E-state index in [0.29, 0.717) is 0 Å². The maximum absolute atomic E-state index is 11.9. The van der Waals surface area contributed by atoms with Gasteiger partial charge in [-0.2, -0.15) is 0 Å². The summed E-state index contributed by atoms with van der Waals surface area (Å²) >= 11 is 0. The van der Waals surface area contributed by atoms with Crippen LogP contribution in [-0.4, -0.2) is 61.9 Å². The molecule has 0 aromatic rings. The summed E-state index contributed by atoms with van der Waals surface area (Å²) in [6, 6.07) is 0. The molecule has 0 radical (unpaired) electrons. The molecule has 1 rings (SSSR count). The van der Waals surface area contributed by atoms with E-state index >= 15 is 0 Å². The van der Waals surface area contributed by atoms with Gasteiger partial charge in [0.25, 0.3) is 0 Å². The molecule has 1 saturated heterocycles. The molecule has 0 bridgehead atoms. The van der Waals surface area contributed by atoms with Gasteiger partial charge < -0.3 is 14.8 Å². The third kappa shape index (κ3) is 4.75. The molecule has 5 heteroatoms. The van der Waals surface area contributed by atoms with Crippen LogP contribution >= 0.6 is 0 Å². The lowest BCUT2D eigenvalue weighted by molar-refractivity contribution is -0.148. The number of ether oxygens (including phenoxy) is 2. The molecule has 0 spiro atoms. The SMILES string of the molecule is CCNC(C)(CCN1CC(C)OC(C)C1)C(=O)OC. The van der Waals surface area contributed by atoms with Gasteiger partial charge in [-0.1, -0.05) is 6.92 Å². The van der Waals surface area contributed by atoms with Crippen molar-refractivity contribution in [2.75, 3.05) is 33.3 Å². The molecular weight excluding hydrogens is 244 g/mol. The Morgan fingerprint density at radius 2 is 2.00 bits per heavy atom. The third-order valence-electron chi connectivity index (χ3n) is 3.63. The molecule has 0 aliphatic carbocycles. The van der Waals surface area contributed by atoms with Crippen molar-refractivity contribution >= 4 is 5.97 Å². The molecule has 5 nitrogen and oxygen atoms in total. The van der Waals surface area contributed by atoms with Crippen molar-refractivity contribution in [3.05, 3.63) is 0 Å². The Labute approximate surface area is 116 Å². The highest BCUT2D eigenvalue weighted by atomic mass is 16.5. The van der Waals surface area contributed by atoms with Crippen LogP contribution in [0.1, 0.15) is 34.1 Å². The summed E-state index contributed by atoms with van der Waals surface area (Å²) in [4.78, 5) is 14.3. The third-order valence-corrected chi connectivity index (χ3v) is 3.63. The zero-order valence-electron chi connectivity index (χ0n) is 12.9. The van der Waals surface area contributed by atoms with Crippen molar-refractivity contribution in [1.82, 2.24) is 10.2 Å². The van der Waals surface area contributed by atoms with Crippen molar-refractivity contribution in [1.29, 1.82) is 0 Å². The average Bonchev–Trinajstić information content (AvgIpc) is 2.34. The fourth-order valence-corrected chi connectivity index (χ4v) is 2.73. The highest BCUT2D eigenvalue weighted by Gasteiger charge is 2.34. The second-order valence-corrected chi connectivity index (χ2v) is 5.62. The second kappa shape index (κ2) is 7.22. The number of carbonyl (C=O) groups is 1. The van der Waals surface area contributed by atoms with Gasteiger partial charge in [0.1, 0.15) is 5.54 Å². The molecule has 1 aliphatic heterocycles. The predicted octanol–water partition coefficient (Wildman–Crippen LogP) is 1.03. The topological polar surface area (TPSA) is 50.8 Å². The van der Waals surface area contributed by atoms with E-state index in [4.69, 9.17) is 9.47 Å². The number of hydrogen-bond donors (Lipinski definition) is 1. The maximum Gasteiger partial charge on any atom is 0.325 e. The van der Waals surface area contributed by atoms with Crippen LogP contribution < -0.4 is 5.32 Å². The Kier molecular flexibility index (Phi) is 6.23. The highest BCUT2D eigenvalue weighted by Crippen LogP contribution is 2.16. The minimum Gasteiger partial charge on any atom is -0.468 e. The van der Waals surface area contributed by atoms with E-state index < -0.39 is 5.54 Å². The van der Waals surface area contributed by atoms with Crippen LogP contribution in [0.3, 0.4) is 0 Å². The van der Waals surface area contributed by atoms with E-state index in [1.54, 1.807) is 0 Å². The molecule has 1 N–H and O–H groups in total. The van der Waals surface area contributed by atoms with Crippen LogP contribution in [0.15, 0.2) is 0 Å². The van der Waals surface area contributed by atoms with E-state index in [1.807, 2.05) is 13.8 Å². The lowest BCUT2D eigenvalue weighted by atomic mass is 9.97. The Bertz CT molecular complexity index is 288. The Balaban J connectivity index is 2.54. The standard InChI is InChI=1S/C14H28N2O3/c1-6-15-14(4,13(17)18-5)7-8-16-9-11(2)19-12(3)10-16/h11-12,15H,6-10H2,1-5H3. The number of carbonyl (C=O) groups excluding carboxylic acids is 1. The molecule has 1 fully saturated rings. The zero-order chi connectivity index (χ0) is 14.5. The number of likely N-dealkylation sites (N-methyl/N-ethyl adjacent to an activating group) is 1. The Morgan fingerprint density at radius 1 is 1.42 bits per heavy atom. The molecule has 3 atom stereocenters. The first kappa shape index (κ1) is 16.4. The summed E-state index contributed by atoms with van der Waals surface area (Å²) in [5.74, 6) is -0.191. The van der Waals surface area contributed by atoms with Crippen LogP contribution in [0.25, 0.3) is 0 Å². The quantitative estimate of drug-likeness (QED) is 0.732. The van der Waals surface area contributed by atoms with Gasteiger partial charge >= 0.3 is 5.97 Å². The first-order valence-electron chi connectivity index (χ1n) is 7.12. The smallest absolute Gasteiger partial charge is 0.325 e. The molecule has 112 valence electrons. The van der Waals surface area contributed by atoms with Gasteiger partial charge in [-0.25, -0.2) is 0 Å². The van der Waals surface area contributed by atoms with Crippen molar-refractivity contribution in [2.24, 2.45) is 0 Å². The Morgan fingerprint density at radius 3 is 2.47 bits per heavy atom. The number of rotatable bonds is 6. The second-order valence-electron chi connectivity index (χ2n) is 5.62. The fraction of sp³-hybridized carbons (Fsp3) is 0.929. The first-order valence-corrected chi connectivity index (χ1v) is 7.12. The number of hydrogen-bond acceptors (Lipinski definition) is 5. The summed E-state index contributed by atoms with van der Waals surface area (Å²) in [6.45, 7) is 11.6. The van der Waals surface area contributed by atoms with Gasteiger partial charge in [0.2, 0.25) is 0 Å². The molecule has 0 saturated carbocycles. The van der Waals surface area contributed by atoms with Gasteiger partial charge in [0.05, 0.1) is 19.3 Å². The normalized spacial score (nSPS) is 27.8. The van der Waals surface area contributed by atoms with Gasteiger partial charge in [0, 0.05) is 19.6 Å². The fourth-order valence-electron chi connectivity index (χ4n) is 2.73. The number of esters is 1.